The second-order valence-corrected chi connectivity index (χ2v) is 8.36. The number of nitrogens with zero attached hydrogens (tertiary/aromatic N) is 1. The van der Waals surface area contributed by atoms with E-state index in [0.717, 1.165) is 45.9 Å². The number of aliphatic hydroxyl groups is 3. The van der Waals surface area contributed by atoms with Gasteiger partial charge >= 0.3 is 0 Å². The summed E-state index contributed by atoms with van der Waals surface area (Å²) in [5.41, 5.74) is -4.10. The summed E-state index contributed by atoms with van der Waals surface area (Å²) in [6.45, 7) is 3.13. The van der Waals surface area contributed by atoms with Gasteiger partial charge in [0.25, 0.3) is 5.69 Å². The molecule has 0 saturated carbocycles. The number of hydrogen-bond donors (Lipinski definition) is 4. The summed E-state index contributed by atoms with van der Waals surface area (Å²) >= 11 is 6.01. The number of carbonyl (C=O) groups is 4. The third kappa shape index (κ3) is 3.79. The molecule has 0 amide bonds. The molecule has 1 aromatic carbocycles. The number of nitrogens with two attached hydrogens (primary N) is 1. The molecule has 1 aliphatic rings. The zero-order valence-corrected chi connectivity index (χ0v) is 19.2. The summed E-state index contributed by atoms with van der Waals surface area (Å²) in [6.07, 6.45) is -6.83. The number of carbonyl (C=O) groups excluding carboxylic acids is 4. The second kappa shape index (κ2) is 9.09. The van der Waals surface area contributed by atoms with Crippen LogP contribution in [0.3, 0.4) is 0 Å². The second-order valence-electron chi connectivity index (χ2n) is 7.95. The van der Waals surface area contributed by atoms with Crippen molar-refractivity contribution in [1.82, 2.24) is 0 Å². The third-order valence-electron chi connectivity index (χ3n) is 5.90. The predicted octanol–water partition coefficient (Wildman–Crippen LogP) is -0.771. The lowest BCUT2D eigenvalue weighted by molar-refractivity contribution is -0.384. The van der Waals surface area contributed by atoms with Crippen molar-refractivity contribution in [3.05, 3.63) is 33.3 Å². The summed E-state index contributed by atoms with van der Waals surface area (Å²) in [7, 11) is 0. The maximum atomic E-state index is 12.7. The van der Waals surface area contributed by atoms with Gasteiger partial charge in [-0.1, -0.05) is 11.6 Å². The summed E-state index contributed by atoms with van der Waals surface area (Å²) < 4.78 is 10.9. The molecule has 0 spiro atoms. The highest BCUT2D eigenvalue weighted by Gasteiger charge is 2.79. The van der Waals surface area contributed by atoms with Crippen molar-refractivity contribution < 1.29 is 48.9 Å². The lowest BCUT2D eigenvalue weighted by atomic mass is 9.59. The Bertz CT molecular complexity index is 1080. The van der Waals surface area contributed by atoms with E-state index in [-0.39, 0.29) is 10.8 Å². The molecule has 1 heterocycles. The molecule has 1 aromatic rings. The molecule has 0 bridgehead atoms. The van der Waals surface area contributed by atoms with Crippen molar-refractivity contribution in [3.8, 4) is 5.75 Å². The Morgan fingerprint density at radius 1 is 1.15 bits per heavy atom. The van der Waals surface area contributed by atoms with E-state index in [4.69, 9.17) is 26.8 Å². The maximum absolute atomic E-state index is 12.7. The fourth-order valence-electron chi connectivity index (χ4n) is 3.92. The van der Waals surface area contributed by atoms with Gasteiger partial charge in [0, 0.05) is 12.1 Å². The number of Topliss-reactive ketones (excluding diaryl/α,β-unsaturated/α-hetero) is 4. The molecule has 14 heteroatoms. The van der Waals surface area contributed by atoms with Crippen LogP contribution < -0.4 is 10.5 Å². The molecule has 6 atom stereocenters. The van der Waals surface area contributed by atoms with Gasteiger partial charge in [0.15, 0.2) is 39.9 Å². The van der Waals surface area contributed by atoms with E-state index >= 15 is 0 Å². The number of halogens is 1. The highest BCUT2D eigenvalue weighted by atomic mass is 35.5. The van der Waals surface area contributed by atoms with Crippen LogP contribution in [-0.4, -0.2) is 78.6 Å². The smallest absolute Gasteiger partial charge is 0.271 e. The maximum Gasteiger partial charge on any atom is 0.271 e. The Morgan fingerprint density at radius 2 is 1.71 bits per heavy atom. The zero-order chi connectivity index (χ0) is 26.4. The average molecular weight is 503 g/mol. The van der Waals surface area contributed by atoms with Crippen LogP contribution in [0.5, 0.6) is 5.75 Å². The van der Waals surface area contributed by atoms with Crippen LogP contribution in [0.4, 0.5) is 5.69 Å². The monoisotopic (exact) mass is 502 g/mol. The minimum absolute atomic E-state index is 0.369. The Balaban J connectivity index is 2.82. The molecule has 5 N–H and O–H groups in total. The van der Waals surface area contributed by atoms with E-state index in [2.05, 4.69) is 0 Å². The van der Waals surface area contributed by atoms with Crippen molar-refractivity contribution in [2.45, 2.75) is 62.9 Å². The molecule has 34 heavy (non-hydrogen) atoms. The zero-order valence-electron chi connectivity index (χ0n) is 18.5. The molecule has 0 aromatic heterocycles. The third-order valence-corrected chi connectivity index (χ3v) is 6.19. The van der Waals surface area contributed by atoms with Crippen molar-refractivity contribution >= 4 is 40.4 Å². The quantitative estimate of drug-likeness (QED) is 0.254. The lowest BCUT2D eigenvalue weighted by Crippen LogP contribution is -2.90. The first kappa shape index (κ1) is 27.4. The van der Waals surface area contributed by atoms with E-state index in [1.165, 1.54) is 0 Å². The van der Waals surface area contributed by atoms with Crippen LogP contribution in [0.2, 0.25) is 5.02 Å². The Kier molecular flexibility index (Phi) is 7.34. The Morgan fingerprint density at radius 3 is 2.09 bits per heavy atom. The fraction of sp³-hybridized carbons (Fsp3) is 0.500. The molecule has 1 fully saturated rings. The molecule has 0 aliphatic carbocycles. The standard InChI is InChI=1S/C20H23ClN2O11/c1-8(24)15(28)16-19(29,10(3)26)20(30,11(4)27)18(22,9(2)25)17(34-16)33-14-6-5-12(23(31)32)7-13(14)21/h5-7,15-17,28-30H,22H2,1-4H3/t15?,16-,17-,18+,19-,20-/m1/s1. The first-order valence-corrected chi connectivity index (χ1v) is 10.1. The van der Waals surface area contributed by atoms with Gasteiger partial charge in [-0.05, 0) is 33.8 Å². The molecule has 1 aliphatic heterocycles. The normalized spacial score (nSPS) is 31.9. The van der Waals surface area contributed by atoms with E-state index in [1.54, 1.807) is 0 Å². The molecule has 186 valence electrons. The molecule has 13 nitrogen and oxygen atoms in total. The van der Waals surface area contributed by atoms with Crippen LogP contribution in [0.1, 0.15) is 27.7 Å². The number of ketones is 4. The molecular weight excluding hydrogens is 480 g/mol. The van der Waals surface area contributed by atoms with Gasteiger partial charge in [-0.15, -0.1) is 0 Å². The van der Waals surface area contributed by atoms with Crippen LogP contribution >= 0.6 is 11.6 Å². The molecule has 2 rings (SSSR count). The van der Waals surface area contributed by atoms with Gasteiger partial charge < -0.3 is 30.5 Å². The Labute approximate surface area is 197 Å². The van der Waals surface area contributed by atoms with Gasteiger partial charge in [-0.3, -0.25) is 29.3 Å². The van der Waals surface area contributed by atoms with Crippen molar-refractivity contribution in [1.29, 1.82) is 0 Å². The summed E-state index contributed by atoms with van der Waals surface area (Å²) in [5, 5.41) is 43.8. The number of hydrogen-bond acceptors (Lipinski definition) is 12. The topological polar surface area (TPSA) is 217 Å². The largest absolute Gasteiger partial charge is 0.461 e. The van der Waals surface area contributed by atoms with Gasteiger partial charge in [0.05, 0.1) is 9.95 Å². The van der Waals surface area contributed by atoms with Crippen molar-refractivity contribution in [2.24, 2.45) is 5.73 Å². The number of ether oxygens (including phenoxy) is 2. The van der Waals surface area contributed by atoms with Gasteiger partial charge in [0.2, 0.25) is 6.29 Å². The minimum atomic E-state index is -3.46. The SMILES string of the molecule is CC(=O)C(O)[C@H]1O[C@@H](Oc2ccc([N+](=O)[O-])cc2Cl)[C@@](N)(C(C)=O)[C@](O)(C(C)=O)[C@@]1(O)C(C)=O. The lowest BCUT2D eigenvalue weighted by Gasteiger charge is -2.58. The van der Waals surface area contributed by atoms with E-state index < -0.39 is 69.0 Å². The van der Waals surface area contributed by atoms with Crippen molar-refractivity contribution in [2.75, 3.05) is 0 Å². The van der Waals surface area contributed by atoms with Gasteiger partial charge in [-0.2, -0.15) is 0 Å². The fourth-order valence-corrected chi connectivity index (χ4v) is 4.14. The predicted molar refractivity (Wildman–Crippen MR) is 113 cm³/mol. The van der Waals surface area contributed by atoms with Crippen LogP contribution in [-0.2, 0) is 23.9 Å². The first-order valence-electron chi connectivity index (χ1n) is 9.69. The highest BCUT2D eigenvalue weighted by molar-refractivity contribution is 6.32. The van der Waals surface area contributed by atoms with E-state index in [9.17, 15) is 44.6 Å². The first-order chi connectivity index (χ1) is 15.5. The molecule has 0 radical (unpaired) electrons. The highest BCUT2D eigenvalue weighted by Crippen LogP contribution is 2.47. The summed E-state index contributed by atoms with van der Waals surface area (Å²) in [5.74, 6) is -5.32. The molecule has 1 unspecified atom stereocenters. The van der Waals surface area contributed by atoms with Crippen LogP contribution in [0, 0.1) is 10.1 Å². The number of benzene rings is 1. The Hall–Kier alpha value is -2.81. The average Bonchev–Trinajstić information content (AvgIpc) is 2.73. The van der Waals surface area contributed by atoms with Crippen LogP contribution in [0.25, 0.3) is 0 Å². The summed E-state index contributed by atoms with van der Waals surface area (Å²) in [6, 6.07) is 2.86. The number of nitro groups is 1. The number of non-ortho nitro benzene ring substituents is 1. The van der Waals surface area contributed by atoms with Crippen LogP contribution in [0.15, 0.2) is 18.2 Å². The van der Waals surface area contributed by atoms with E-state index in [0.29, 0.717) is 0 Å². The number of aliphatic hydroxyl groups excluding tert-OH is 1. The molecule has 1 saturated heterocycles. The minimum Gasteiger partial charge on any atom is -0.461 e. The van der Waals surface area contributed by atoms with Gasteiger partial charge in [0.1, 0.15) is 18.0 Å². The number of rotatable bonds is 8. The number of nitro benzene ring substituents is 1. The van der Waals surface area contributed by atoms with Crippen molar-refractivity contribution in [3.63, 3.8) is 0 Å². The summed E-state index contributed by atoms with van der Waals surface area (Å²) in [4.78, 5) is 60.1. The van der Waals surface area contributed by atoms with E-state index in [1.807, 2.05) is 0 Å². The van der Waals surface area contributed by atoms with Gasteiger partial charge in [-0.25, -0.2) is 0 Å². The molecular formula is C20H23ClN2O11.